The smallest absolute Gasteiger partial charge is 0.216 e. The van der Waals surface area contributed by atoms with Gasteiger partial charge in [0.25, 0.3) is 0 Å². The number of aromatic nitrogens is 3. The minimum Gasteiger partial charge on any atom is -0.250 e. The van der Waals surface area contributed by atoms with Crippen LogP contribution >= 0.6 is 12.2 Å². The molecule has 4 aromatic rings. The molecule has 0 bridgehead atoms. The summed E-state index contributed by atoms with van der Waals surface area (Å²) in [7, 11) is 0. The highest BCUT2D eigenvalue weighted by atomic mass is 32.1. The topological polar surface area (TPSA) is 46.0 Å². The number of hydrogen-bond acceptors (Lipinski definition) is 3. The van der Waals surface area contributed by atoms with Gasteiger partial charge in [-0.1, -0.05) is 54.6 Å². The predicted octanol–water partition coefficient (Wildman–Crippen LogP) is 4.78. The zero-order valence-electron chi connectivity index (χ0n) is 13.1. The minimum atomic E-state index is -0.377. The van der Waals surface area contributed by atoms with Gasteiger partial charge in [-0.3, -0.25) is 0 Å². The van der Waals surface area contributed by atoms with Crippen LogP contribution in [0.5, 0.6) is 0 Å². The molecule has 4 nitrogen and oxygen atoms in total. The van der Waals surface area contributed by atoms with Gasteiger partial charge in [0.15, 0.2) is 5.82 Å². The molecule has 3 aromatic carbocycles. The van der Waals surface area contributed by atoms with Crippen LogP contribution in [0.2, 0.25) is 0 Å². The van der Waals surface area contributed by atoms with E-state index in [-0.39, 0.29) is 5.82 Å². The highest BCUT2D eigenvalue weighted by Crippen LogP contribution is 2.21. The fourth-order valence-electron chi connectivity index (χ4n) is 2.70. The highest BCUT2D eigenvalue weighted by molar-refractivity contribution is 7.71. The number of nitrogens with zero attached hydrogens (tertiary/aromatic N) is 3. The molecule has 1 aromatic heterocycles. The molecule has 4 rings (SSSR count). The van der Waals surface area contributed by atoms with Crippen LogP contribution in [0, 0.1) is 10.6 Å². The Balaban J connectivity index is 1.82. The molecular weight excluding hydrogens is 335 g/mol. The lowest BCUT2D eigenvalue weighted by Gasteiger charge is -2.03. The van der Waals surface area contributed by atoms with Gasteiger partial charge in [0.2, 0.25) is 4.77 Å². The number of benzene rings is 3. The molecule has 0 unspecified atom stereocenters. The molecule has 0 aliphatic carbocycles. The third-order valence-electron chi connectivity index (χ3n) is 3.90. The van der Waals surface area contributed by atoms with Crippen LogP contribution < -0.4 is 0 Å². The molecule has 0 aliphatic heterocycles. The second kappa shape index (κ2) is 6.41. The number of aromatic amines is 1. The van der Waals surface area contributed by atoms with Gasteiger partial charge in [-0.2, -0.15) is 14.9 Å². The average molecular weight is 348 g/mol. The molecule has 1 heterocycles. The van der Waals surface area contributed by atoms with Gasteiger partial charge in [-0.15, -0.1) is 0 Å². The fraction of sp³-hybridized carbons (Fsp3) is 0. The van der Waals surface area contributed by atoms with E-state index in [4.69, 9.17) is 12.2 Å². The molecule has 0 aliphatic rings. The SMILES string of the molecule is Fc1ccccc1-c1n[nH]c(=S)n1/N=C/c1cccc2ccccc12. The van der Waals surface area contributed by atoms with Crippen LogP contribution in [0.3, 0.4) is 0 Å². The van der Waals surface area contributed by atoms with Crippen molar-refractivity contribution in [1.29, 1.82) is 0 Å². The molecule has 0 spiro atoms. The zero-order valence-corrected chi connectivity index (χ0v) is 13.9. The molecule has 0 saturated heterocycles. The Morgan fingerprint density at radius 1 is 1.00 bits per heavy atom. The van der Waals surface area contributed by atoms with Crippen LogP contribution in [-0.2, 0) is 0 Å². The van der Waals surface area contributed by atoms with E-state index in [2.05, 4.69) is 15.3 Å². The summed E-state index contributed by atoms with van der Waals surface area (Å²) in [5.74, 6) is -0.0438. The first-order chi connectivity index (χ1) is 12.2. The Labute approximate surface area is 148 Å². The molecule has 0 fully saturated rings. The van der Waals surface area contributed by atoms with Gasteiger partial charge >= 0.3 is 0 Å². The maximum absolute atomic E-state index is 14.1. The molecule has 122 valence electrons. The molecular formula is C19H13FN4S. The first kappa shape index (κ1) is 15.4. The summed E-state index contributed by atoms with van der Waals surface area (Å²) in [6.45, 7) is 0. The van der Waals surface area contributed by atoms with Crippen molar-refractivity contribution in [2.75, 3.05) is 0 Å². The van der Waals surface area contributed by atoms with Crippen LogP contribution in [0.15, 0.2) is 71.8 Å². The lowest BCUT2D eigenvalue weighted by molar-refractivity contribution is 0.628. The van der Waals surface area contributed by atoms with Crippen molar-refractivity contribution >= 4 is 29.2 Å². The largest absolute Gasteiger partial charge is 0.250 e. The molecule has 0 radical (unpaired) electrons. The van der Waals surface area contributed by atoms with E-state index in [0.29, 0.717) is 16.2 Å². The average Bonchev–Trinajstić information content (AvgIpc) is 3.01. The summed E-state index contributed by atoms with van der Waals surface area (Å²) < 4.78 is 15.8. The summed E-state index contributed by atoms with van der Waals surface area (Å²) in [4.78, 5) is 0. The number of H-pyrrole nitrogens is 1. The van der Waals surface area contributed by atoms with Crippen molar-refractivity contribution in [3.05, 3.63) is 82.9 Å². The number of rotatable bonds is 3. The monoisotopic (exact) mass is 348 g/mol. The lowest BCUT2D eigenvalue weighted by Crippen LogP contribution is -1.97. The van der Waals surface area contributed by atoms with Gasteiger partial charge in [0, 0.05) is 5.56 Å². The minimum absolute atomic E-state index is 0.301. The first-order valence-corrected chi connectivity index (χ1v) is 8.09. The van der Waals surface area contributed by atoms with E-state index >= 15 is 0 Å². The standard InChI is InChI=1S/C19H13FN4S/c20-17-11-4-3-10-16(17)18-22-23-19(25)24(18)21-12-14-8-5-7-13-6-1-2-9-15(13)14/h1-12H,(H,23,25)/b21-12+. The Morgan fingerprint density at radius 3 is 2.64 bits per heavy atom. The van der Waals surface area contributed by atoms with Crippen LogP contribution in [0.25, 0.3) is 22.2 Å². The molecule has 6 heteroatoms. The van der Waals surface area contributed by atoms with E-state index in [0.717, 1.165) is 16.3 Å². The number of fused-ring (bicyclic) bond motifs is 1. The fourth-order valence-corrected chi connectivity index (χ4v) is 2.88. The Hall–Kier alpha value is -3.12. The van der Waals surface area contributed by atoms with Crippen molar-refractivity contribution < 1.29 is 4.39 Å². The number of hydrogen-bond donors (Lipinski definition) is 1. The van der Waals surface area contributed by atoms with Gasteiger partial charge in [0.05, 0.1) is 11.8 Å². The van der Waals surface area contributed by atoms with Gasteiger partial charge in [0.1, 0.15) is 5.82 Å². The molecule has 1 N–H and O–H groups in total. The maximum Gasteiger partial charge on any atom is 0.216 e. The van der Waals surface area contributed by atoms with Gasteiger partial charge in [-0.05, 0) is 35.1 Å². The Kier molecular flexibility index (Phi) is 3.95. The third-order valence-corrected chi connectivity index (χ3v) is 4.17. The second-order valence-corrected chi connectivity index (χ2v) is 5.84. The zero-order chi connectivity index (χ0) is 17.2. The van der Waals surface area contributed by atoms with Crippen molar-refractivity contribution in [2.24, 2.45) is 5.10 Å². The Bertz CT molecular complexity index is 1140. The normalized spacial score (nSPS) is 11.4. The van der Waals surface area contributed by atoms with Crippen molar-refractivity contribution in [2.45, 2.75) is 0 Å². The molecule has 0 atom stereocenters. The summed E-state index contributed by atoms with van der Waals surface area (Å²) in [5, 5.41) is 13.4. The summed E-state index contributed by atoms with van der Waals surface area (Å²) in [6.07, 6.45) is 1.71. The summed E-state index contributed by atoms with van der Waals surface area (Å²) in [5.41, 5.74) is 1.28. The van der Waals surface area contributed by atoms with Crippen molar-refractivity contribution in [1.82, 2.24) is 14.9 Å². The Morgan fingerprint density at radius 2 is 1.76 bits per heavy atom. The molecule has 0 amide bonds. The highest BCUT2D eigenvalue weighted by Gasteiger charge is 2.12. The van der Waals surface area contributed by atoms with Gasteiger partial charge < -0.3 is 0 Å². The second-order valence-electron chi connectivity index (χ2n) is 5.46. The quantitative estimate of drug-likeness (QED) is 0.428. The predicted molar refractivity (Wildman–Crippen MR) is 99.7 cm³/mol. The van der Waals surface area contributed by atoms with Crippen molar-refractivity contribution in [3.8, 4) is 11.4 Å². The van der Waals surface area contributed by atoms with Crippen molar-refractivity contribution in [3.63, 3.8) is 0 Å². The summed E-state index contributed by atoms with van der Waals surface area (Å²) >= 11 is 5.24. The van der Waals surface area contributed by atoms with E-state index in [1.54, 1.807) is 24.4 Å². The van der Waals surface area contributed by atoms with Gasteiger partial charge in [-0.25, -0.2) is 9.49 Å². The summed E-state index contributed by atoms with van der Waals surface area (Å²) in [6, 6.07) is 20.4. The van der Waals surface area contributed by atoms with Crippen LogP contribution in [0.1, 0.15) is 5.56 Å². The van der Waals surface area contributed by atoms with E-state index in [1.165, 1.54) is 10.7 Å². The van der Waals surface area contributed by atoms with Crippen LogP contribution in [-0.4, -0.2) is 21.1 Å². The van der Waals surface area contributed by atoms with E-state index in [9.17, 15) is 4.39 Å². The van der Waals surface area contributed by atoms with E-state index in [1.807, 2.05) is 42.5 Å². The number of halogens is 1. The molecule has 0 saturated carbocycles. The number of nitrogens with one attached hydrogen (secondary N) is 1. The van der Waals surface area contributed by atoms with Crippen LogP contribution in [0.4, 0.5) is 4.39 Å². The maximum atomic E-state index is 14.1. The molecule has 25 heavy (non-hydrogen) atoms. The first-order valence-electron chi connectivity index (χ1n) is 7.68. The lowest BCUT2D eigenvalue weighted by atomic mass is 10.1. The third kappa shape index (κ3) is 2.88. The van der Waals surface area contributed by atoms with E-state index < -0.39 is 0 Å².